The average Bonchev–Trinajstić information content (AvgIpc) is 2.47. The summed E-state index contributed by atoms with van der Waals surface area (Å²) in [6, 6.07) is 4.74. The molecule has 2 atom stereocenters. The lowest BCUT2D eigenvalue weighted by atomic mass is 9.99. The lowest BCUT2D eigenvalue weighted by Gasteiger charge is -2.44. The Balaban J connectivity index is 1.69. The number of piperidine rings is 1. The fourth-order valence-electron chi connectivity index (χ4n) is 3.20. The van der Waals surface area contributed by atoms with Crippen molar-refractivity contribution >= 4 is 5.82 Å². The summed E-state index contributed by atoms with van der Waals surface area (Å²) < 4.78 is 0. The van der Waals surface area contributed by atoms with E-state index in [4.69, 9.17) is 0 Å². The van der Waals surface area contributed by atoms with Crippen molar-refractivity contribution in [3.05, 3.63) is 23.9 Å². The van der Waals surface area contributed by atoms with Gasteiger partial charge in [0.1, 0.15) is 5.82 Å². The van der Waals surface area contributed by atoms with Crippen LogP contribution in [0.5, 0.6) is 0 Å². The maximum Gasteiger partial charge on any atom is 0.128 e. The molecule has 3 heterocycles. The van der Waals surface area contributed by atoms with Crippen molar-refractivity contribution in [2.45, 2.75) is 38.3 Å². The van der Waals surface area contributed by atoms with E-state index < -0.39 is 6.10 Å². The van der Waals surface area contributed by atoms with Gasteiger partial charge in [-0.2, -0.15) is 0 Å². The standard InChI is InChI=1S/C15H23N3O/c1-12(19)13-5-6-15(16-10-13)18-9-8-17-7-3-2-4-14(17)11-18/h5-6,10,12,14,19H,2-4,7-9,11H2,1H3. The highest BCUT2D eigenvalue weighted by Crippen LogP contribution is 2.24. The summed E-state index contributed by atoms with van der Waals surface area (Å²) in [5, 5.41) is 9.52. The van der Waals surface area contributed by atoms with Crippen LogP contribution in [-0.4, -0.2) is 47.2 Å². The van der Waals surface area contributed by atoms with E-state index in [0.29, 0.717) is 6.04 Å². The smallest absolute Gasteiger partial charge is 0.128 e. The summed E-state index contributed by atoms with van der Waals surface area (Å²) in [7, 11) is 0. The molecule has 0 bridgehead atoms. The normalized spacial score (nSPS) is 26.0. The van der Waals surface area contributed by atoms with Crippen molar-refractivity contribution in [2.24, 2.45) is 0 Å². The molecule has 2 aliphatic heterocycles. The molecule has 2 fully saturated rings. The number of hydrogen-bond donors (Lipinski definition) is 1. The van der Waals surface area contributed by atoms with Crippen molar-refractivity contribution in [3.8, 4) is 0 Å². The molecule has 1 aromatic rings. The molecule has 4 nitrogen and oxygen atoms in total. The third-order valence-corrected chi connectivity index (χ3v) is 4.41. The molecule has 4 heteroatoms. The molecule has 19 heavy (non-hydrogen) atoms. The Hall–Kier alpha value is -1.13. The van der Waals surface area contributed by atoms with Crippen LogP contribution in [0.1, 0.15) is 37.9 Å². The molecule has 0 radical (unpaired) electrons. The Morgan fingerprint density at radius 2 is 2.16 bits per heavy atom. The van der Waals surface area contributed by atoms with Gasteiger partial charge in [0.2, 0.25) is 0 Å². The molecular formula is C15H23N3O. The van der Waals surface area contributed by atoms with Gasteiger partial charge in [-0.3, -0.25) is 4.90 Å². The largest absolute Gasteiger partial charge is 0.389 e. The van der Waals surface area contributed by atoms with Crippen molar-refractivity contribution in [1.29, 1.82) is 0 Å². The number of nitrogens with zero attached hydrogens (tertiary/aromatic N) is 3. The molecule has 3 rings (SSSR count). The van der Waals surface area contributed by atoms with E-state index in [0.717, 1.165) is 31.0 Å². The van der Waals surface area contributed by atoms with Crippen LogP contribution in [0.4, 0.5) is 5.82 Å². The first-order chi connectivity index (χ1) is 9.24. The summed E-state index contributed by atoms with van der Waals surface area (Å²) in [6.07, 6.45) is 5.41. The van der Waals surface area contributed by atoms with Crippen LogP contribution in [0.15, 0.2) is 18.3 Å². The fourth-order valence-corrected chi connectivity index (χ4v) is 3.20. The average molecular weight is 261 g/mol. The van der Waals surface area contributed by atoms with Crippen LogP contribution >= 0.6 is 0 Å². The number of rotatable bonds is 2. The van der Waals surface area contributed by atoms with Crippen LogP contribution in [-0.2, 0) is 0 Å². The molecule has 0 saturated carbocycles. The minimum Gasteiger partial charge on any atom is -0.389 e. The molecule has 2 aliphatic rings. The van der Waals surface area contributed by atoms with Gasteiger partial charge in [-0.15, -0.1) is 0 Å². The van der Waals surface area contributed by atoms with Crippen molar-refractivity contribution in [3.63, 3.8) is 0 Å². The maximum atomic E-state index is 9.52. The van der Waals surface area contributed by atoms with E-state index in [2.05, 4.69) is 14.8 Å². The van der Waals surface area contributed by atoms with Crippen molar-refractivity contribution in [1.82, 2.24) is 9.88 Å². The van der Waals surface area contributed by atoms with Gasteiger partial charge in [-0.25, -0.2) is 4.98 Å². The number of aliphatic hydroxyl groups excluding tert-OH is 1. The van der Waals surface area contributed by atoms with Gasteiger partial charge in [0, 0.05) is 31.9 Å². The quantitative estimate of drug-likeness (QED) is 0.881. The van der Waals surface area contributed by atoms with Crippen LogP contribution in [0.2, 0.25) is 0 Å². The van der Waals surface area contributed by atoms with E-state index in [1.54, 1.807) is 13.1 Å². The minimum atomic E-state index is -0.434. The Morgan fingerprint density at radius 3 is 2.89 bits per heavy atom. The second-order valence-electron chi connectivity index (χ2n) is 5.76. The van der Waals surface area contributed by atoms with Gasteiger partial charge in [-0.05, 0) is 37.9 Å². The van der Waals surface area contributed by atoms with Gasteiger partial charge in [-0.1, -0.05) is 12.5 Å². The number of fused-ring (bicyclic) bond motifs is 1. The number of aliphatic hydroxyl groups is 1. The van der Waals surface area contributed by atoms with E-state index >= 15 is 0 Å². The molecular weight excluding hydrogens is 238 g/mol. The lowest BCUT2D eigenvalue weighted by molar-refractivity contribution is 0.133. The van der Waals surface area contributed by atoms with Crippen molar-refractivity contribution in [2.75, 3.05) is 31.1 Å². The molecule has 1 N–H and O–H groups in total. The molecule has 104 valence electrons. The van der Waals surface area contributed by atoms with E-state index in [9.17, 15) is 5.11 Å². The number of piperazine rings is 1. The minimum absolute atomic E-state index is 0.434. The number of hydrogen-bond acceptors (Lipinski definition) is 4. The Morgan fingerprint density at radius 1 is 1.26 bits per heavy atom. The molecule has 0 spiro atoms. The summed E-state index contributed by atoms with van der Waals surface area (Å²) in [5.41, 5.74) is 0.889. The summed E-state index contributed by atoms with van der Waals surface area (Å²) in [6.45, 7) is 6.37. The first-order valence-electron chi connectivity index (χ1n) is 7.37. The zero-order chi connectivity index (χ0) is 13.2. The molecule has 2 unspecified atom stereocenters. The monoisotopic (exact) mass is 261 g/mol. The number of aromatic nitrogens is 1. The first-order valence-corrected chi connectivity index (χ1v) is 7.37. The summed E-state index contributed by atoms with van der Waals surface area (Å²) in [4.78, 5) is 9.52. The Bertz CT molecular complexity index is 418. The molecule has 1 aromatic heterocycles. The van der Waals surface area contributed by atoms with Gasteiger partial charge in [0.25, 0.3) is 0 Å². The van der Waals surface area contributed by atoms with Crippen LogP contribution < -0.4 is 4.90 Å². The highest BCUT2D eigenvalue weighted by atomic mass is 16.3. The Labute approximate surface area is 115 Å². The topological polar surface area (TPSA) is 39.6 Å². The van der Waals surface area contributed by atoms with E-state index in [-0.39, 0.29) is 0 Å². The molecule has 0 aromatic carbocycles. The predicted octanol–water partition coefficient (Wildman–Crippen LogP) is 1.81. The van der Waals surface area contributed by atoms with Crippen molar-refractivity contribution < 1.29 is 5.11 Å². The first kappa shape index (κ1) is 12.9. The van der Waals surface area contributed by atoms with Crippen LogP contribution in [0, 0.1) is 0 Å². The number of anilines is 1. The molecule has 2 saturated heterocycles. The second-order valence-corrected chi connectivity index (χ2v) is 5.76. The third kappa shape index (κ3) is 2.74. The Kier molecular flexibility index (Phi) is 3.71. The van der Waals surface area contributed by atoms with Gasteiger partial charge >= 0.3 is 0 Å². The zero-order valence-electron chi connectivity index (χ0n) is 11.6. The third-order valence-electron chi connectivity index (χ3n) is 4.41. The highest BCUT2D eigenvalue weighted by Gasteiger charge is 2.29. The molecule has 0 aliphatic carbocycles. The summed E-state index contributed by atoms with van der Waals surface area (Å²) in [5.74, 6) is 1.05. The van der Waals surface area contributed by atoms with E-state index in [1.807, 2.05) is 12.1 Å². The highest BCUT2D eigenvalue weighted by molar-refractivity contribution is 5.40. The zero-order valence-corrected chi connectivity index (χ0v) is 11.6. The predicted molar refractivity (Wildman–Crippen MR) is 76.3 cm³/mol. The van der Waals surface area contributed by atoms with Gasteiger partial charge in [0.15, 0.2) is 0 Å². The fraction of sp³-hybridized carbons (Fsp3) is 0.667. The second kappa shape index (κ2) is 5.47. The maximum absolute atomic E-state index is 9.52. The summed E-state index contributed by atoms with van der Waals surface area (Å²) >= 11 is 0. The number of pyridine rings is 1. The van der Waals surface area contributed by atoms with E-state index in [1.165, 1.54) is 25.8 Å². The molecule has 0 amide bonds. The SMILES string of the molecule is CC(O)c1ccc(N2CCN3CCCCC3C2)nc1. The van der Waals surface area contributed by atoms with Crippen LogP contribution in [0.25, 0.3) is 0 Å². The van der Waals surface area contributed by atoms with Crippen LogP contribution in [0.3, 0.4) is 0 Å². The van der Waals surface area contributed by atoms with Gasteiger partial charge in [0.05, 0.1) is 6.10 Å². The lowest BCUT2D eigenvalue weighted by Crippen LogP contribution is -2.55. The van der Waals surface area contributed by atoms with Gasteiger partial charge < -0.3 is 10.0 Å².